The summed E-state index contributed by atoms with van der Waals surface area (Å²) in [5.41, 5.74) is 1.12. The Balaban J connectivity index is 1.74. The quantitative estimate of drug-likeness (QED) is 0.915. The van der Waals surface area contributed by atoms with Crippen LogP contribution in [0.4, 0.5) is 5.82 Å². The highest BCUT2D eigenvalue weighted by molar-refractivity contribution is 5.42. The molecule has 0 aromatic carbocycles. The van der Waals surface area contributed by atoms with Crippen LogP contribution in [0.5, 0.6) is 0 Å². The number of ether oxygens (including phenoxy) is 1. The van der Waals surface area contributed by atoms with E-state index in [0.29, 0.717) is 18.2 Å². The average molecular weight is 275 g/mol. The Labute approximate surface area is 121 Å². The molecule has 2 aliphatic rings. The van der Waals surface area contributed by atoms with Crippen LogP contribution < -0.4 is 10.2 Å². The predicted molar refractivity (Wildman–Crippen MR) is 80.9 cm³/mol. The number of anilines is 1. The van der Waals surface area contributed by atoms with Crippen LogP contribution in [-0.2, 0) is 11.3 Å². The molecule has 0 amide bonds. The average Bonchev–Trinajstić information content (AvgIpc) is 2.93. The molecule has 110 valence electrons. The van der Waals surface area contributed by atoms with E-state index in [-0.39, 0.29) is 0 Å². The number of nitrogens with one attached hydrogen (secondary N) is 1. The molecule has 20 heavy (non-hydrogen) atoms. The van der Waals surface area contributed by atoms with Crippen LogP contribution in [-0.4, -0.2) is 36.3 Å². The van der Waals surface area contributed by atoms with Gasteiger partial charge in [-0.2, -0.15) is 0 Å². The van der Waals surface area contributed by atoms with Gasteiger partial charge in [-0.1, -0.05) is 19.9 Å². The van der Waals surface area contributed by atoms with E-state index < -0.39 is 0 Å². The van der Waals surface area contributed by atoms with Gasteiger partial charge in [0.2, 0.25) is 0 Å². The van der Waals surface area contributed by atoms with E-state index in [1.807, 2.05) is 0 Å². The topological polar surface area (TPSA) is 37.4 Å². The standard InChI is InChI=1S/C16H25N3O/c1-12(2)17-11-13-5-3-8-16(18-13)19-9-10-20-15-7-4-6-14(15)19/h3,5,8,12,14-15,17H,4,6-7,9-11H2,1-2H3. The van der Waals surface area contributed by atoms with Gasteiger partial charge in [0, 0.05) is 19.1 Å². The molecule has 1 aliphatic heterocycles. The Morgan fingerprint density at radius 1 is 1.40 bits per heavy atom. The molecule has 4 nitrogen and oxygen atoms in total. The SMILES string of the molecule is CC(C)NCc1cccc(N2CCOC3CCCC32)n1. The van der Waals surface area contributed by atoms with Crippen molar-refractivity contribution in [3.8, 4) is 0 Å². The second-order valence-corrected chi connectivity index (χ2v) is 6.12. The fraction of sp³-hybridized carbons (Fsp3) is 0.688. The first kappa shape index (κ1) is 13.8. The molecule has 2 heterocycles. The minimum atomic E-state index is 0.419. The summed E-state index contributed by atoms with van der Waals surface area (Å²) in [7, 11) is 0. The Morgan fingerprint density at radius 3 is 3.15 bits per heavy atom. The molecule has 1 aliphatic carbocycles. The number of hydrogen-bond donors (Lipinski definition) is 1. The van der Waals surface area contributed by atoms with E-state index in [9.17, 15) is 0 Å². The molecule has 1 saturated carbocycles. The second kappa shape index (κ2) is 6.10. The minimum absolute atomic E-state index is 0.419. The molecule has 1 saturated heterocycles. The summed E-state index contributed by atoms with van der Waals surface area (Å²) in [5, 5.41) is 3.43. The van der Waals surface area contributed by atoms with Gasteiger partial charge in [0.1, 0.15) is 5.82 Å². The van der Waals surface area contributed by atoms with Crippen molar-refractivity contribution < 1.29 is 4.74 Å². The summed E-state index contributed by atoms with van der Waals surface area (Å²) in [6.45, 7) is 6.96. The highest BCUT2D eigenvalue weighted by atomic mass is 16.5. The fourth-order valence-electron chi connectivity index (χ4n) is 3.24. The first-order chi connectivity index (χ1) is 9.74. The van der Waals surface area contributed by atoms with Crippen molar-refractivity contribution >= 4 is 5.82 Å². The highest BCUT2D eigenvalue weighted by Gasteiger charge is 2.36. The smallest absolute Gasteiger partial charge is 0.129 e. The highest BCUT2D eigenvalue weighted by Crippen LogP contribution is 2.32. The molecule has 2 fully saturated rings. The summed E-state index contributed by atoms with van der Waals surface area (Å²) in [5.74, 6) is 1.12. The molecular formula is C16H25N3O. The van der Waals surface area contributed by atoms with Crippen molar-refractivity contribution in [2.45, 2.75) is 57.8 Å². The van der Waals surface area contributed by atoms with Crippen molar-refractivity contribution in [1.82, 2.24) is 10.3 Å². The van der Waals surface area contributed by atoms with E-state index in [0.717, 1.165) is 31.2 Å². The normalized spacial score (nSPS) is 26.1. The maximum Gasteiger partial charge on any atom is 0.129 e. The van der Waals surface area contributed by atoms with Crippen LogP contribution in [0.3, 0.4) is 0 Å². The number of rotatable bonds is 4. The predicted octanol–water partition coefficient (Wildman–Crippen LogP) is 2.34. The maximum absolute atomic E-state index is 5.88. The van der Waals surface area contributed by atoms with Crippen LogP contribution in [0.2, 0.25) is 0 Å². The molecular weight excluding hydrogens is 250 g/mol. The Hall–Kier alpha value is -1.13. The summed E-state index contributed by atoms with van der Waals surface area (Å²) in [6, 6.07) is 7.39. The van der Waals surface area contributed by atoms with Crippen LogP contribution in [0, 0.1) is 0 Å². The van der Waals surface area contributed by atoms with Gasteiger partial charge < -0.3 is 15.0 Å². The molecule has 0 radical (unpaired) electrons. The van der Waals surface area contributed by atoms with Crippen molar-refractivity contribution in [3.63, 3.8) is 0 Å². The number of fused-ring (bicyclic) bond motifs is 1. The minimum Gasteiger partial charge on any atom is -0.374 e. The molecule has 0 spiro atoms. The maximum atomic E-state index is 5.88. The van der Waals surface area contributed by atoms with E-state index in [1.54, 1.807) is 0 Å². The van der Waals surface area contributed by atoms with Gasteiger partial charge in [-0.3, -0.25) is 0 Å². The first-order valence-electron chi connectivity index (χ1n) is 7.81. The zero-order valence-corrected chi connectivity index (χ0v) is 12.5. The van der Waals surface area contributed by atoms with E-state index in [2.05, 4.69) is 42.3 Å². The summed E-state index contributed by atoms with van der Waals surface area (Å²) < 4.78 is 5.88. The lowest BCUT2D eigenvalue weighted by Crippen LogP contribution is -2.49. The summed E-state index contributed by atoms with van der Waals surface area (Å²) in [6.07, 6.45) is 4.14. The van der Waals surface area contributed by atoms with Gasteiger partial charge in [-0.15, -0.1) is 0 Å². The fourth-order valence-corrected chi connectivity index (χ4v) is 3.24. The van der Waals surface area contributed by atoms with Gasteiger partial charge in [-0.05, 0) is 31.4 Å². The van der Waals surface area contributed by atoms with E-state index >= 15 is 0 Å². The monoisotopic (exact) mass is 275 g/mol. The van der Waals surface area contributed by atoms with Gasteiger partial charge in [-0.25, -0.2) is 4.98 Å². The first-order valence-corrected chi connectivity index (χ1v) is 7.81. The molecule has 1 N–H and O–H groups in total. The summed E-state index contributed by atoms with van der Waals surface area (Å²) in [4.78, 5) is 7.30. The number of aromatic nitrogens is 1. The van der Waals surface area contributed by atoms with Crippen molar-refractivity contribution in [1.29, 1.82) is 0 Å². The van der Waals surface area contributed by atoms with Gasteiger partial charge >= 0.3 is 0 Å². The Morgan fingerprint density at radius 2 is 2.30 bits per heavy atom. The third-order valence-corrected chi connectivity index (χ3v) is 4.26. The number of hydrogen-bond acceptors (Lipinski definition) is 4. The largest absolute Gasteiger partial charge is 0.374 e. The Kier molecular flexibility index (Phi) is 4.22. The lowest BCUT2D eigenvalue weighted by molar-refractivity contribution is 0.0253. The molecule has 2 unspecified atom stereocenters. The molecule has 0 bridgehead atoms. The summed E-state index contributed by atoms with van der Waals surface area (Å²) >= 11 is 0. The molecule has 1 aromatic rings. The zero-order valence-electron chi connectivity index (χ0n) is 12.5. The number of pyridine rings is 1. The number of nitrogens with zero attached hydrogens (tertiary/aromatic N) is 2. The van der Waals surface area contributed by atoms with Crippen molar-refractivity contribution in [2.24, 2.45) is 0 Å². The second-order valence-electron chi connectivity index (χ2n) is 6.12. The van der Waals surface area contributed by atoms with E-state index in [4.69, 9.17) is 9.72 Å². The van der Waals surface area contributed by atoms with Crippen molar-refractivity contribution in [3.05, 3.63) is 23.9 Å². The van der Waals surface area contributed by atoms with E-state index in [1.165, 1.54) is 19.3 Å². The van der Waals surface area contributed by atoms with Crippen LogP contribution in [0.25, 0.3) is 0 Å². The Bertz CT molecular complexity index is 449. The van der Waals surface area contributed by atoms with Crippen molar-refractivity contribution in [2.75, 3.05) is 18.1 Å². The molecule has 2 atom stereocenters. The third-order valence-electron chi connectivity index (χ3n) is 4.26. The number of morpholine rings is 1. The lowest BCUT2D eigenvalue weighted by Gasteiger charge is -2.38. The van der Waals surface area contributed by atoms with Crippen LogP contribution >= 0.6 is 0 Å². The van der Waals surface area contributed by atoms with Gasteiger partial charge in [0.05, 0.1) is 24.4 Å². The molecule has 4 heteroatoms. The van der Waals surface area contributed by atoms with Crippen LogP contribution in [0.1, 0.15) is 38.8 Å². The molecule has 1 aromatic heterocycles. The molecule has 3 rings (SSSR count). The third kappa shape index (κ3) is 2.96. The van der Waals surface area contributed by atoms with Gasteiger partial charge in [0.15, 0.2) is 0 Å². The van der Waals surface area contributed by atoms with Gasteiger partial charge in [0.25, 0.3) is 0 Å². The van der Waals surface area contributed by atoms with Crippen LogP contribution in [0.15, 0.2) is 18.2 Å². The lowest BCUT2D eigenvalue weighted by atomic mass is 10.1. The zero-order chi connectivity index (χ0) is 13.9.